The number of methoxy groups -OCH3 is 1. The molecule has 4 aromatic carbocycles. The van der Waals surface area contributed by atoms with Crippen molar-refractivity contribution < 1.29 is 9.53 Å². The Morgan fingerprint density at radius 3 is 2.55 bits per heavy atom. The number of ether oxygens (including phenoxy) is 1. The highest BCUT2D eigenvalue weighted by atomic mass is 16.5. The normalized spacial score (nSPS) is 13.5. The number of aromatic nitrogens is 6. The molecule has 218 valence electrons. The Morgan fingerprint density at radius 1 is 0.932 bits per heavy atom. The van der Waals surface area contributed by atoms with E-state index in [1.54, 1.807) is 0 Å². The summed E-state index contributed by atoms with van der Waals surface area (Å²) in [7, 11) is 1.43. The van der Waals surface area contributed by atoms with E-state index in [1.165, 1.54) is 34.9 Å². The number of nitrogens with one attached hydrogen (secondary N) is 1. The Labute approximate surface area is 255 Å². The standard InChI is InChI=1S/C36H32N6O2/c1-23-18-28(25-8-4-3-5-9-25)20-32-36(23)37-34(16-17-35(43)44-2)42(32)22-24-12-15-30-27(19-24)14-13-26-10-6-7-11-29(26)31(30)21-33-38-40-41-39-33/h3-12,15,18-21H,13-14,16-17,22H2,1-2H3,(H,38,39,40,41). The van der Waals surface area contributed by atoms with Gasteiger partial charge in [0.25, 0.3) is 0 Å². The Morgan fingerprint density at radius 2 is 1.73 bits per heavy atom. The van der Waals surface area contributed by atoms with Crippen molar-refractivity contribution in [2.24, 2.45) is 0 Å². The molecule has 1 aliphatic carbocycles. The Kier molecular flexibility index (Phi) is 7.32. The lowest BCUT2D eigenvalue weighted by molar-refractivity contribution is -0.140. The maximum Gasteiger partial charge on any atom is 0.305 e. The highest BCUT2D eigenvalue weighted by Crippen LogP contribution is 2.36. The highest BCUT2D eigenvalue weighted by molar-refractivity contribution is 5.93. The highest BCUT2D eigenvalue weighted by Gasteiger charge is 2.21. The first-order valence-electron chi connectivity index (χ1n) is 14.8. The second-order valence-electron chi connectivity index (χ2n) is 11.2. The fraction of sp³-hybridized carbons (Fsp3) is 0.194. The minimum absolute atomic E-state index is 0.240. The number of H-pyrrole nitrogens is 1. The van der Waals surface area contributed by atoms with Gasteiger partial charge in [0, 0.05) is 13.0 Å². The first kappa shape index (κ1) is 27.5. The summed E-state index contributed by atoms with van der Waals surface area (Å²) < 4.78 is 7.22. The van der Waals surface area contributed by atoms with Crippen molar-refractivity contribution in [2.45, 2.75) is 39.2 Å². The van der Waals surface area contributed by atoms with Gasteiger partial charge in [-0.2, -0.15) is 5.21 Å². The Bertz CT molecular complexity index is 2010. The zero-order valence-electron chi connectivity index (χ0n) is 24.7. The molecule has 0 amide bonds. The molecule has 0 atom stereocenters. The number of esters is 1. The largest absolute Gasteiger partial charge is 0.469 e. The fourth-order valence-corrected chi connectivity index (χ4v) is 6.25. The number of imidazole rings is 1. The summed E-state index contributed by atoms with van der Waals surface area (Å²) in [5.74, 6) is 1.19. The summed E-state index contributed by atoms with van der Waals surface area (Å²) in [6.07, 6.45) is 4.64. The van der Waals surface area contributed by atoms with E-state index in [1.807, 2.05) is 12.1 Å². The van der Waals surface area contributed by atoms with Gasteiger partial charge in [-0.05, 0) is 93.3 Å². The molecule has 0 radical (unpaired) electrons. The number of rotatable bonds is 7. The van der Waals surface area contributed by atoms with E-state index in [-0.39, 0.29) is 12.4 Å². The molecule has 44 heavy (non-hydrogen) atoms. The molecule has 8 heteroatoms. The lowest BCUT2D eigenvalue weighted by Crippen LogP contribution is -2.09. The van der Waals surface area contributed by atoms with Gasteiger partial charge in [0.2, 0.25) is 0 Å². The van der Waals surface area contributed by atoms with Crippen molar-refractivity contribution in [2.75, 3.05) is 7.11 Å². The van der Waals surface area contributed by atoms with E-state index in [9.17, 15) is 4.79 Å². The number of carbonyl (C=O) groups is 1. The third-order valence-corrected chi connectivity index (χ3v) is 8.42. The minimum Gasteiger partial charge on any atom is -0.469 e. The quantitative estimate of drug-likeness (QED) is 0.221. The van der Waals surface area contributed by atoms with Gasteiger partial charge < -0.3 is 9.30 Å². The van der Waals surface area contributed by atoms with E-state index in [4.69, 9.17) is 9.72 Å². The van der Waals surface area contributed by atoms with Crippen LogP contribution in [-0.4, -0.2) is 43.3 Å². The van der Waals surface area contributed by atoms with Gasteiger partial charge in [-0.15, -0.1) is 10.2 Å². The van der Waals surface area contributed by atoms with Gasteiger partial charge in [-0.1, -0.05) is 72.8 Å². The van der Waals surface area contributed by atoms with Crippen molar-refractivity contribution in [3.8, 4) is 11.1 Å². The summed E-state index contributed by atoms with van der Waals surface area (Å²) in [6, 6.07) is 30.1. The van der Waals surface area contributed by atoms with Crippen LogP contribution in [-0.2, 0) is 35.3 Å². The molecule has 2 heterocycles. The van der Waals surface area contributed by atoms with Gasteiger partial charge >= 0.3 is 5.97 Å². The molecule has 1 aliphatic rings. The lowest BCUT2D eigenvalue weighted by atomic mass is 9.92. The zero-order chi connectivity index (χ0) is 30.0. The number of fused-ring (bicyclic) bond motifs is 3. The van der Waals surface area contributed by atoms with Crippen molar-refractivity contribution in [1.82, 2.24) is 30.2 Å². The molecule has 6 aromatic rings. The maximum absolute atomic E-state index is 12.1. The van der Waals surface area contributed by atoms with Crippen molar-refractivity contribution in [1.29, 1.82) is 0 Å². The first-order valence-corrected chi connectivity index (χ1v) is 14.8. The molecule has 0 unspecified atom stereocenters. The summed E-state index contributed by atoms with van der Waals surface area (Å²) in [4.78, 5) is 17.2. The van der Waals surface area contributed by atoms with E-state index in [0.29, 0.717) is 18.8 Å². The predicted octanol–water partition coefficient (Wildman–Crippen LogP) is 6.37. The monoisotopic (exact) mass is 580 g/mol. The van der Waals surface area contributed by atoms with Crippen LogP contribution in [0.3, 0.4) is 0 Å². The number of aryl methyl sites for hydroxylation is 4. The second kappa shape index (κ2) is 11.7. The molecule has 2 aromatic heterocycles. The van der Waals surface area contributed by atoms with E-state index in [0.717, 1.165) is 52.0 Å². The van der Waals surface area contributed by atoms with Crippen molar-refractivity contribution in [3.63, 3.8) is 0 Å². The van der Waals surface area contributed by atoms with Gasteiger partial charge in [-0.25, -0.2) is 4.98 Å². The summed E-state index contributed by atoms with van der Waals surface area (Å²) in [6.45, 7) is 2.74. The van der Waals surface area contributed by atoms with Crippen LogP contribution in [0.15, 0.2) is 84.9 Å². The van der Waals surface area contributed by atoms with Crippen molar-refractivity contribution >= 4 is 28.7 Å². The van der Waals surface area contributed by atoms with Gasteiger partial charge in [0.05, 0.1) is 24.6 Å². The smallest absolute Gasteiger partial charge is 0.305 e. The van der Waals surface area contributed by atoms with Crippen molar-refractivity contribution in [3.05, 3.63) is 130 Å². The predicted molar refractivity (Wildman–Crippen MR) is 171 cm³/mol. The number of hydrogen-bond acceptors (Lipinski definition) is 6. The van der Waals surface area contributed by atoms with Crippen LogP contribution >= 0.6 is 0 Å². The molecular weight excluding hydrogens is 548 g/mol. The molecule has 0 aliphatic heterocycles. The summed E-state index contributed by atoms with van der Waals surface area (Å²) in [5, 5.41) is 14.7. The average molecular weight is 581 g/mol. The van der Waals surface area contributed by atoms with Gasteiger partial charge in [0.1, 0.15) is 5.82 Å². The molecule has 0 saturated carbocycles. The van der Waals surface area contributed by atoms with Crippen LogP contribution in [0.1, 0.15) is 51.5 Å². The van der Waals surface area contributed by atoms with Gasteiger partial charge in [-0.3, -0.25) is 4.79 Å². The lowest BCUT2D eigenvalue weighted by Gasteiger charge is -2.15. The average Bonchev–Trinajstić information content (AvgIpc) is 3.67. The Balaban J connectivity index is 1.32. The number of nitrogens with zero attached hydrogens (tertiary/aromatic N) is 5. The molecule has 0 bridgehead atoms. The summed E-state index contributed by atoms with van der Waals surface area (Å²) >= 11 is 0. The van der Waals surface area contributed by atoms with Crippen LogP contribution in [0, 0.1) is 6.92 Å². The maximum atomic E-state index is 12.1. The molecule has 0 fully saturated rings. The number of carbonyl (C=O) groups excluding carboxylic acids is 1. The van der Waals surface area contributed by atoms with E-state index >= 15 is 0 Å². The zero-order valence-corrected chi connectivity index (χ0v) is 24.7. The van der Waals surface area contributed by atoms with E-state index in [2.05, 4.69) is 111 Å². The van der Waals surface area contributed by atoms with Crippen LogP contribution < -0.4 is 0 Å². The second-order valence-corrected chi connectivity index (χ2v) is 11.2. The SMILES string of the molecule is COC(=O)CCc1nc2c(C)cc(-c3ccccc3)cc2n1Cc1ccc2c(c1)CCc1ccccc1C2=Cc1nn[nH]n1. The molecule has 0 saturated heterocycles. The molecular formula is C36H32N6O2. The molecule has 7 rings (SSSR count). The van der Waals surface area contributed by atoms with Crippen LogP contribution in [0.25, 0.3) is 33.8 Å². The number of tetrazole rings is 1. The number of benzene rings is 4. The summed E-state index contributed by atoms with van der Waals surface area (Å²) in [5.41, 5.74) is 12.6. The van der Waals surface area contributed by atoms with Crippen LogP contribution in [0.4, 0.5) is 0 Å². The Hall–Kier alpha value is -5.37. The molecule has 0 spiro atoms. The molecule has 8 nitrogen and oxygen atoms in total. The number of aromatic amines is 1. The first-order chi connectivity index (χ1) is 21.6. The topological polar surface area (TPSA) is 98.6 Å². The third kappa shape index (κ3) is 5.30. The third-order valence-electron chi connectivity index (χ3n) is 8.42. The van der Waals surface area contributed by atoms with Gasteiger partial charge in [0.15, 0.2) is 5.82 Å². The van der Waals surface area contributed by atoms with Crippen LogP contribution in [0.2, 0.25) is 0 Å². The minimum atomic E-state index is -0.240. The fourth-order valence-electron chi connectivity index (χ4n) is 6.25. The molecule has 1 N–H and O–H groups in total. The van der Waals surface area contributed by atoms with Crippen LogP contribution in [0.5, 0.6) is 0 Å². The number of hydrogen-bond donors (Lipinski definition) is 1. The van der Waals surface area contributed by atoms with E-state index < -0.39 is 0 Å².